The molecule has 430 valence electrons. The van der Waals surface area contributed by atoms with Crippen LogP contribution in [-0.2, 0) is 28.6 Å². The van der Waals surface area contributed by atoms with Gasteiger partial charge in [0.25, 0.3) is 0 Å². The van der Waals surface area contributed by atoms with Crippen molar-refractivity contribution in [2.24, 2.45) is 0 Å². The molecule has 6 heteroatoms. The van der Waals surface area contributed by atoms with Crippen molar-refractivity contribution in [1.29, 1.82) is 0 Å². The van der Waals surface area contributed by atoms with Crippen molar-refractivity contribution in [3.05, 3.63) is 97.2 Å². The third-order valence-corrected chi connectivity index (χ3v) is 13.6. The molecule has 0 N–H and O–H groups in total. The van der Waals surface area contributed by atoms with Crippen molar-refractivity contribution in [2.45, 2.75) is 309 Å². The Kier molecular flexibility index (Phi) is 59.8. The second kappa shape index (κ2) is 62.9. The maximum absolute atomic E-state index is 12.9. The molecule has 0 aliphatic rings. The van der Waals surface area contributed by atoms with Crippen molar-refractivity contribution >= 4 is 17.9 Å². The van der Waals surface area contributed by atoms with E-state index in [2.05, 4.69) is 118 Å². The van der Waals surface area contributed by atoms with Crippen LogP contribution in [0.2, 0.25) is 0 Å². The lowest BCUT2D eigenvalue weighted by Crippen LogP contribution is -2.30. The monoisotopic (exact) mass is 1040 g/mol. The Morgan fingerprint density at radius 1 is 0.280 bits per heavy atom. The first kappa shape index (κ1) is 71.3. The van der Waals surface area contributed by atoms with E-state index in [1.54, 1.807) is 0 Å². The summed E-state index contributed by atoms with van der Waals surface area (Å²) in [7, 11) is 0. The normalized spacial score (nSPS) is 12.7. The zero-order valence-electron chi connectivity index (χ0n) is 49.3. The van der Waals surface area contributed by atoms with E-state index in [1.807, 2.05) is 0 Å². The molecule has 0 aromatic rings. The van der Waals surface area contributed by atoms with E-state index in [-0.39, 0.29) is 31.1 Å². The van der Waals surface area contributed by atoms with Gasteiger partial charge in [-0.25, -0.2) is 0 Å². The molecule has 0 amide bonds. The Morgan fingerprint density at radius 3 is 0.813 bits per heavy atom. The summed E-state index contributed by atoms with van der Waals surface area (Å²) < 4.78 is 16.9. The fourth-order valence-corrected chi connectivity index (χ4v) is 8.90. The maximum Gasteiger partial charge on any atom is 0.306 e. The lowest BCUT2D eigenvalue weighted by Gasteiger charge is -2.18. The Hall–Kier alpha value is -3.67. The quantitative estimate of drug-likeness (QED) is 0.0261. The Bertz CT molecular complexity index is 1480. The summed E-state index contributed by atoms with van der Waals surface area (Å²) >= 11 is 0. The summed E-state index contributed by atoms with van der Waals surface area (Å²) in [5, 5.41) is 0. The summed E-state index contributed by atoms with van der Waals surface area (Å²) in [5.74, 6) is -0.892. The minimum absolute atomic E-state index is 0.0824. The van der Waals surface area contributed by atoms with Crippen LogP contribution in [0.5, 0.6) is 0 Å². The molecule has 0 heterocycles. The number of esters is 3. The van der Waals surface area contributed by atoms with E-state index < -0.39 is 6.10 Å². The highest BCUT2D eigenvalue weighted by atomic mass is 16.6. The van der Waals surface area contributed by atoms with E-state index in [1.165, 1.54) is 135 Å². The van der Waals surface area contributed by atoms with Gasteiger partial charge in [-0.05, 0) is 96.3 Å². The summed E-state index contributed by atoms with van der Waals surface area (Å²) in [5.41, 5.74) is 0. The van der Waals surface area contributed by atoms with Gasteiger partial charge in [0.1, 0.15) is 13.2 Å². The van der Waals surface area contributed by atoms with Crippen molar-refractivity contribution < 1.29 is 28.6 Å². The molecule has 1 unspecified atom stereocenters. The average Bonchev–Trinajstić information content (AvgIpc) is 3.41. The van der Waals surface area contributed by atoms with Crippen LogP contribution < -0.4 is 0 Å². The molecular weight excluding hydrogens is 925 g/mol. The predicted octanol–water partition coefficient (Wildman–Crippen LogP) is 21.7. The molecule has 0 fully saturated rings. The summed E-state index contributed by atoms with van der Waals surface area (Å²) in [4.78, 5) is 38.3. The third kappa shape index (κ3) is 61.1. The number of hydrogen-bond donors (Lipinski definition) is 0. The lowest BCUT2D eigenvalue weighted by atomic mass is 10.0. The molecule has 0 aliphatic heterocycles. The van der Waals surface area contributed by atoms with Gasteiger partial charge in [0.15, 0.2) is 6.10 Å². The Balaban J connectivity index is 4.30. The first-order chi connectivity index (χ1) is 37.0. The molecule has 1 atom stereocenters. The van der Waals surface area contributed by atoms with Gasteiger partial charge < -0.3 is 14.2 Å². The first-order valence-electron chi connectivity index (χ1n) is 31.7. The van der Waals surface area contributed by atoms with E-state index >= 15 is 0 Å². The second-order valence-electron chi connectivity index (χ2n) is 20.9. The highest BCUT2D eigenvalue weighted by Crippen LogP contribution is 2.16. The van der Waals surface area contributed by atoms with Crippen LogP contribution in [0.15, 0.2) is 97.2 Å². The Morgan fingerprint density at radius 2 is 0.520 bits per heavy atom. The Labute approximate surface area is 464 Å². The molecule has 0 saturated heterocycles. The molecule has 0 radical (unpaired) electrons. The predicted molar refractivity (Wildman–Crippen MR) is 325 cm³/mol. The molecule has 0 aromatic heterocycles. The van der Waals surface area contributed by atoms with Gasteiger partial charge >= 0.3 is 17.9 Å². The van der Waals surface area contributed by atoms with Gasteiger partial charge in [-0.3, -0.25) is 14.4 Å². The number of carbonyl (C=O) groups excluding carboxylic acids is 3. The molecule has 6 nitrogen and oxygen atoms in total. The van der Waals surface area contributed by atoms with Gasteiger partial charge in [0, 0.05) is 19.3 Å². The van der Waals surface area contributed by atoms with Gasteiger partial charge in [-0.2, -0.15) is 0 Å². The van der Waals surface area contributed by atoms with Crippen LogP contribution in [0.3, 0.4) is 0 Å². The van der Waals surface area contributed by atoms with Crippen LogP contribution in [0, 0.1) is 0 Å². The van der Waals surface area contributed by atoms with Gasteiger partial charge in [0.05, 0.1) is 0 Å². The molecule has 0 rings (SSSR count). The maximum atomic E-state index is 12.9. The smallest absolute Gasteiger partial charge is 0.306 e. The zero-order valence-corrected chi connectivity index (χ0v) is 49.3. The van der Waals surface area contributed by atoms with Crippen LogP contribution in [0.4, 0.5) is 0 Å². The molecule has 0 aliphatic carbocycles. The molecule has 0 aromatic carbocycles. The number of unbranched alkanes of at least 4 members (excludes halogenated alkanes) is 30. The lowest BCUT2D eigenvalue weighted by molar-refractivity contribution is -0.167. The highest BCUT2D eigenvalue weighted by molar-refractivity contribution is 5.71. The summed E-state index contributed by atoms with van der Waals surface area (Å²) in [6, 6.07) is 0. The van der Waals surface area contributed by atoms with E-state index in [4.69, 9.17) is 14.2 Å². The van der Waals surface area contributed by atoms with Crippen LogP contribution in [0.1, 0.15) is 303 Å². The SMILES string of the molecule is CC/C=C\C/C=C\C/C=C\C/C=C\C/C=C\CCCCCCCCCCCCCC(=O)OCC(COC(=O)CCCCCCCCCCCCCCCCC)OC(=O)CCCCCCC/C=C\C/C=C\C/C=C\CC. The van der Waals surface area contributed by atoms with Crippen LogP contribution in [0.25, 0.3) is 0 Å². The molecular formula is C69H118O6. The number of hydrogen-bond acceptors (Lipinski definition) is 6. The van der Waals surface area contributed by atoms with Crippen molar-refractivity contribution in [1.82, 2.24) is 0 Å². The number of carbonyl (C=O) groups is 3. The van der Waals surface area contributed by atoms with Crippen molar-refractivity contribution in [3.8, 4) is 0 Å². The minimum atomic E-state index is -0.787. The standard InChI is InChI=1S/C69H118O6/c1-4-7-10-13-16-19-22-25-28-29-30-31-32-33-34-35-36-37-38-39-42-44-47-50-53-56-59-62-68(71)74-65-66(75-69(72)63-60-57-54-51-48-45-41-27-24-21-18-15-12-9-6-3)64-73-67(70)61-58-55-52-49-46-43-40-26-23-20-17-14-11-8-5-2/h7,9-10,12,16,18-19,21,25,27-28,30-31,33-34,41,66H,4-6,8,11,13-15,17,20,22-24,26,29,32,35-40,42-65H2,1-3H3/b10-7-,12-9-,19-16-,21-18-,28-25-,31-30-,34-33-,41-27-. The topological polar surface area (TPSA) is 78.9 Å². The van der Waals surface area contributed by atoms with E-state index in [0.717, 1.165) is 128 Å². The summed E-state index contributed by atoms with van der Waals surface area (Å²) in [6.45, 7) is 6.43. The third-order valence-electron chi connectivity index (χ3n) is 13.6. The summed E-state index contributed by atoms with van der Waals surface area (Å²) in [6.07, 6.45) is 84.1. The second-order valence-corrected chi connectivity index (χ2v) is 20.9. The fraction of sp³-hybridized carbons (Fsp3) is 0.725. The van der Waals surface area contributed by atoms with Crippen LogP contribution in [-0.4, -0.2) is 37.2 Å². The first-order valence-corrected chi connectivity index (χ1v) is 31.7. The van der Waals surface area contributed by atoms with Gasteiger partial charge in [-0.15, -0.1) is 0 Å². The van der Waals surface area contributed by atoms with E-state index in [0.29, 0.717) is 19.3 Å². The zero-order chi connectivity index (χ0) is 54.3. The van der Waals surface area contributed by atoms with Gasteiger partial charge in [-0.1, -0.05) is 285 Å². The number of ether oxygens (including phenoxy) is 3. The molecule has 0 bridgehead atoms. The van der Waals surface area contributed by atoms with Crippen molar-refractivity contribution in [2.75, 3.05) is 13.2 Å². The van der Waals surface area contributed by atoms with Crippen LogP contribution >= 0.6 is 0 Å². The fourth-order valence-electron chi connectivity index (χ4n) is 8.90. The molecule has 75 heavy (non-hydrogen) atoms. The number of allylic oxidation sites excluding steroid dienone is 16. The van der Waals surface area contributed by atoms with Gasteiger partial charge in [0.2, 0.25) is 0 Å². The van der Waals surface area contributed by atoms with E-state index in [9.17, 15) is 14.4 Å². The average molecular weight is 1040 g/mol. The molecule has 0 saturated carbocycles. The van der Waals surface area contributed by atoms with Crippen molar-refractivity contribution in [3.63, 3.8) is 0 Å². The largest absolute Gasteiger partial charge is 0.462 e. The minimum Gasteiger partial charge on any atom is -0.462 e. The molecule has 0 spiro atoms. The number of rotatable bonds is 57. The highest BCUT2D eigenvalue weighted by Gasteiger charge is 2.19.